The Morgan fingerprint density at radius 1 is 1.29 bits per heavy atom. The van der Waals surface area contributed by atoms with E-state index in [0.29, 0.717) is 12.8 Å². The van der Waals surface area contributed by atoms with E-state index in [1.165, 1.54) is 11.0 Å². The second-order valence-corrected chi connectivity index (χ2v) is 3.93. The Balaban J connectivity index is 2.42. The van der Waals surface area contributed by atoms with Crippen LogP contribution in [0.15, 0.2) is 18.2 Å². The van der Waals surface area contributed by atoms with Gasteiger partial charge >= 0.3 is 5.97 Å². The van der Waals surface area contributed by atoms with Crippen LogP contribution in [0.1, 0.15) is 22.3 Å². The zero-order valence-electron chi connectivity index (χ0n) is 9.27. The number of benzene rings is 1. The van der Waals surface area contributed by atoms with Crippen LogP contribution in [0.25, 0.3) is 0 Å². The Morgan fingerprint density at radius 2 is 2.00 bits per heavy atom. The second kappa shape index (κ2) is 4.01. The van der Waals surface area contributed by atoms with E-state index >= 15 is 0 Å². The minimum Gasteiger partial charge on any atom is -0.475 e. The normalized spacial score (nSPS) is 14.4. The van der Waals surface area contributed by atoms with Crippen molar-refractivity contribution < 1.29 is 19.5 Å². The fraction of sp³-hybridized carbons (Fsp3) is 0.250. The van der Waals surface area contributed by atoms with Crippen molar-refractivity contribution in [2.75, 3.05) is 11.9 Å². The monoisotopic (exact) mass is 233 g/mol. The van der Waals surface area contributed by atoms with Gasteiger partial charge in [0.05, 0.1) is 0 Å². The number of ketones is 1. The van der Waals surface area contributed by atoms with Crippen molar-refractivity contribution in [3.05, 3.63) is 29.3 Å². The Hall–Kier alpha value is -2.17. The van der Waals surface area contributed by atoms with Crippen molar-refractivity contribution >= 4 is 23.3 Å². The van der Waals surface area contributed by atoms with Gasteiger partial charge in [-0.2, -0.15) is 0 Å². The number of aryl methyl sites for hydroxylation is 1. The number of aliphatic carboxylic acids is 1. The Bertz CT molecular complexity index is 521. The highest BCUT2D eigenvalue weighted by atomic mass is 16.4. The van der Waals surface area contributed by atoms with E-state index in [1.807, 2.05) is 0 Å². The molecule has 0 aromatic heterocycles. The molecule has 0 fully saturated rings. The second-order valence-electron chi connectivity index (χ2n) is 3.93. The van der Waals surface area contributed by atoms with Crippen LogP contribution >= 0.6 is 0 Å². The van der Waals surface area contributed by atoms with Crippen molar-refractivity contribution in [2.45, 2.75) is 12.8 Å². The van der Waals surface area contributed by atoms with E-state index in [1.54, 1.807) is 19.2 Å². The van der Waals surface area contributed by atoms with Gasteiger partial charge in [-0.15, -0.1) is 0 Å². The van der Waals surface area contributed by atoms with Gasteiger partial charge in [-0.3, -0.25) is 9.59 Å². The molecule has 1 amide bonds. The predicted molar refractivity (Wildman–Crippen MR) is 60.1 cm³/mol. The number of nitrogens with zero attached hydrogens (tertiary/aromatic N) is 1. The van der Waals surface area contributed by atoms with Gasteiger partial charge in [-0.25, -0.2) is 4.79 Å². The van der Waals surface area contributed by atoms with Gasteiger partial charge in [0.2, 0.25) is 5.91 Å². The summed E-state index contributed by atoms with van der Waals surface area (Å²) in [5, 5.41) is 8.62. The zero-order chi connectivity index (χ0) is 12.6. The van der Waals surface area contributed by atoms with E-state index in [2.05, 4.69) is 0 Å². The lowest BCUT2D eigenvalue weighted by molar-refractivity contribution is -0.131. The van der Waals surface area contributed by atoms with Crippen molar-refractivity contribution in [1.82, 2.24) is 0 Å². The number of hydrogen-bond donors (Lipinski definition) is 1. The summed E-state index contributed by atoms with van der Waals surface area (Å²) >= 11 is 0. The molecule has 5 heteroatoms. The van der Waals surface area contributed by atoms with Gasteiger partial charge in [-0.1, -0.05) is 0 Å². The molecule has 0 atom stereocenters. The summed E-state index contributed by atoms with van der Waals surface area (Å²) in [6, 6.07) is 4.60. The van der Waals surface area contributed by atoms with Crippen LogP contribution in [0.2, 0.25) is 0 Å². The van der Waals surface area contributed by atoms with E-state index in [4.69, 9.17) is 5.11 Å². The summed E-state index contributed by atoms with van der Waals surface area (Å²) in [5.74, 6) is -2.37. The summed E-state index contributed by atoms with van der Waals surface area (Å²) in [7, 11) is 1.67. The molecule has 0 spiro atoms. The number of rotatable bonds is 2. The number of carboxylic acids is 1. The van der Waals surface area contributed by atoms with Crippen LogP contribution in [0.5, 0.6) is 0 Å². The summed E-state index contributed by atoms with van der Waals surface area (Å²) in [4.78, 5) is 34.8. The van der Waals surface area contributed by atoms with Gasteiger partial charge < -0.3 is 10.0 Å². The first-order valence-electron chi connectivity index (χ1n) is 5.18. The third kappa shape index (κ3) is 1.91. The smallest absolute Gasteiger partial charge is 0.377 e. The summed E-state index contributed by atoms with van der Waals surface area (Å²) < 4.78 is 0. The molecular weight excluding hydrogens is 222 g/mol. The topological polar surface area (TPSA) is 74.7 Å². The molecular formula is C12H11NO4. The van der Waals surface area contributed by atoms with Crippen LogP contribution in [0.4, 0.5) is 5.69 Å². The van der Waals surface area contributed by atoms with Crippen molar-refractivity contribution in [1.29, 1.82) is 0 Å². The molecule has 1 aliphatic rings. The molecule has 1 heterocycles. The number of hydrogen-bond acceptors (Lipinski definition) is 3. The number of anilines is 1. The van der Waals surface area contributed by atoms with Crippen LogP contribution < -0.4 is 4.90 Å². The Kier molecular flexibility index (Phi) is 2.67. The quantitative estimate of drug-likeness (QED) is 0.607. The maximum atomic E-state index is 11.4. The SMILES string of the molecule is CN1C(=O)CCc2cc(C(=O)C(=O)O)ccc21. The average Bonchev–Trinajstić information content (AvgIpc) is 2.32. The Morgan fingerprint density at radius 3 is 2.65 bits per heavy atom. The third-order valence-electron chi connectivity index (χ3n) is 2.88. The van der Waals surface area contributed by atoms with E-state index in [9.17, 15) is 14.4 Å². The van der Waals surface area contributed by atoms with E-state index in [0.717, 1.165) is 11.3 Å². The van der Waals surface area contributed by atoms with Gasteiger partial charge in [0.1, 0.15) is 0 Å². The molecule has 5 nitrogen and oxygen atoms in total. The molecule has 0 saturated heterocycles. The highest BCUT2D eigenvalue weighted by Crippen LogP contribution is 2.27. The standard InChI is InChI=1S/C12H11NO4/c1-13-9-4-2-8(11(15)12(16)17)6-7(9)3-5-10(13)14/h2,4,6H,3,5H2,1H3,(H,16,17). The minimum absolute atomic E-state index is 0.0230. The van der Waals surface area contributed by atoms with Gasteiger partial charge in [0.15, 0.2) is 0 Å². The molecule has 1 aromatic rings. The molecule has 1 N–H and O–H groups in total. The lowest BCUT2D eigenvalue weighted by atomic mass is 9.98. The highest BCUT2D eigenvalue weighted by Gasteiger charge is 2.23. The van der Waals surface area contributed by atoms with Crippen LogP contribution in [0, 0.1) is 0 Å². The molecule has 1 aliphatic heterocycles. The first-order valence-corrected chi connectivity index (χ1v) is 5.18. The third-order valence-corrected chi connectivity index (χ3v) is 2.88. The summed E-state index contributed by atoms with van der Waals surface area (Å²) in [6.45, 7) is 0. The predicted octanol–water partition coefficient (Wildman–Crippen LogP) is 0.863. The summed E-state index contributed by atoms with van der Waals surface area (Å²) in [6.07, 6.45) is 0.924. The zero-order valence-corrected chi connectivity index (χ0v) is 9.27. The van der Waals surface area contributed by atoms with Crippen molar-refractivity contribution in [3.63, 3.8) is 0 Å². The molecule has 88 valence electrons. The summed E-state index contributed by atoms with van der Waals surface area (Å²) in [5.41, 5.74) is 1.72. The number of amides is 1. The van der Waals surface area contributed by atoms with Gasteiger partial charge in [-0.05, 0) is 30.2 Å². The fourth-order valence-corrected chi connectivity index (χ4v) is 1.92. The largest absolute Gasteiger partial charge is 0.475 e. The lowest BCUT2D eigenvalue weighted by Crippen LogP contribution is -2.31. The first kappa shape index (κ1) is 11.3. The van der Waals surface area contributed by atoms with Crippen LogP contribution in [0.3, 0.4) is 0 Å². The maximum Gasteiger partial charge on any atom is 0.377 e. The first-order chi connectivity index (χ1) is 8.00. The van der Waals surface area contributed by atoms with E-state index in [-0.39, 0.29) is 11.5 Å². The molecule has 0 aliphatic carbocycles. The molecule has 17 heavy (non-hydrogen) atoms. The fourth-order valence-electron chi connectivity index (χ4n) is 1.92. The number of carbonyl (C=O) groups excluding carboxylic acids is 2. The Labute approximate surface area is 97.7 Å². The number of Topliss-reactive ketones (excluding diaryl/α,β-unsaturated/α-hetero) is 1. The maximum absolute atomic E-state index is 11.4. The molecule has 0 unspecified atom stereocenters. The number of carbonyl (C=O) groups is 3. The molecule has 0 radical (unpaired) electrons. The average molecular weight is 233 g/mol. The van der Waals surface area contributed by atoms with Crippen LogP contribution in [-0.2, 0) is 16.0 Å². The molecule has 2 rings (SSSR count). The minimum atomic E-state index is -1.47. The molecule has 0 bridgehead atoms. The van der Waals surface area contributed by atoms with Crippen molar-refractivity contribution in [2.24, 2.45) is 0 Å². The highest BCUT2D eigenvalue weighted by molar-refractivity contribution is 6.39. The van der Waals surface area contributed by atoms with Crippen molar-refractivity contribution in [3.8, 4) is 0 Å². The van der Waals surface area contributed by atoms with Gasteiger partial charge in [0.25, 0.3) is 5.78 Å². The van der Waals surface area contributed by atoms with Crippen LogP contribution in [-0.4, -0.2) is 29.8 Å². The van der Waals surface area contributed by atoms with E-state index < -0.39 is 11.8 Å². The molecule has 1 aromatic carbocycles. The number of fused-ring (bicyclic) bond motifs is 1. The molecule has 0 saturated carbocycles. The number of carboxylic acid groups (broad SMARTS) is 1. The van der Waals surface area contributed by atoms with Gasteiger partial charge in [0, 0.05) is 24.7 Å². The lowest BCUT2D eigenvalue weighted by Gasteiger charge is -2.25.